The molecule has 3 nitrogen and oxygen atoms in total. The number of carbonyl (C=O) groups is 1. The van der Waals surface area contributed by atoms with Gasteiger partial charge in [-0.3, -0.25) is 9.69 Å². The molecule has 134 valence electrons. The molecule has 0 spiro atoms. The first-order valence-corrected chi connectivity index (χ1v) is 9.06. The van der Waals surface area contributed by atoms with Crippen LogP contribution in [0.3, 0.4) is 0 Å². The van der Waals surface area contributed by atoms with E-state index < -0.39 is 0 Å². The quantitative estimate of drug-likeness (QED) is 0.784. The zero-order valence-electron chi connectivity index (χ0n) is 15.9. The summed E-state index contributed by atoms with van der Waals surface area (Å²) in [6.07, 6.45) is 0.499. The second-order valence-corrected chi connectivity index (χ2v) is 7.45. The standard InChI is InChI=1S/C22H30N2O/c1-5-24(17-18-11-7-6-8-12-18)16-15-21(25)23-20-14-10-9-13-19(20)22(2,3)4/h6-14H,5,15-17H2,1-4H3,(H,23,25). The minimum Gasteiger partial charge on any atom is -0.326 e. The lowest BCUT2D eigenvalue weighted by Gasteiger charge is -2.24. The fourth-order valence-electron chi connectivity index (χ4n) is 2.91. The summed E-state index contributed by atoms with van der Waals surface area (Å²) >= 11 is 0. The van der Waals surface area contributed by atoms with E-state index >= 15 is 0 Å². The van der Waals surface area contributed by atoms with Crippen molar-refractivity contribution < 1.29 is 4.79 Å². The maximum Gasteiger partial charge on any atom is 0.225 e. The summed E-state index contributed by atoms with van der Waals surface area (Å²) in [6, 6.07) is 18.5. The van der Waals surface area contributed by atoms with Crippen LogP contribution in [0.15, 0.2) is 54.6 Å². The van der Waals surface area contributed by atoms with E-state index in [4.69, 9.17) is 0 Å². The van der Waals surface area contributed by atoms with Crippen LogP contribution < -0.4 is 5.32 Å². The van der Waals surface area contributed by atoms with Crippen molar-refractivity contribution in [1.82, 2.24) is 4.90 Å². The second-order valence-electron chi connectivity index (χ2n) is 7.45. The fraction of sp³-hybridized carbons (Fsp3) is 0.409. The van der Waals surface area contributed by atoms with Crippen molar-refractivity contribution in [2.45, 2.75) is 46.1 Å². The molecule has 0 fully saturated rings. The number of nitrogens with one attached hydrogen (secondary N) is 1. The number of anilines is 1. The van der Waals surface area contributed by atoms with Gasteiger partial charge in [-0.1, -0.05) is 76.2 Å². The van der Waals surface area contributed by atoms with Crippen LogP contribution in [0.4, 0.5) is 5.69 Å². The molecular weight excluding hydrogens is 308 g/mol. The number of para-hydroxylation sites is 1. The Morgan fingerprint density at radius 1 is 1.00 bits per heavy atom. The van der Waals surface area contributed by atoms with E-state index in [1.54, 1.807) is 0 Å². The van der Waals surface area contributed by atoms with Gasteiger partial charge in [0.15, 0.2) is 0 Å². The van der Waals surface area contributed by atoms with Crippen LogP contribution >= 0.6 is 0 Å². The predicted molar refractivity (Wildman–Crippen MR) is 106 cm³/mol. The summed E-state index contributed by atoms with van der Waals surface area (Å²) in [6.45, 7) is 11.2. The van der Waals surface area contributed by atoms with Crippen LogP contribution in [0.1, 0.15) is 45.2 Å². The maximum absolute atomic E-state index is 12.4. The SMILES string of the molecule is CCN(CCC(=O)Nc1ccccc1C(C)(C)C)Cc1ccccc1. The molecule has 0 aromatic heterocycles. The Hall–Kier alpha value is -2.13. The molecule has 1 amide bonds. The monoisotopic (exact) mass is 338 g/mol. The van der Waals surface area contributed by atoms with Crippen molar-refractivity contribution in [3.8, 4) is 0 Å². The summed E-state index contributed by atoms with van der Waals surface area (Å²) in [5.41, 5.74) is 3.38. The zero-order valence-corrected chi connectivity index (χ0v) is 15.9. The van der Waals surface area contributed by atoms with Crippen LogP contribution in [-0.4, -0.2) is 23.9 Å². The van der Waals surface area contributed by atoms with Crippen molar-refractivity contribution in [2.24, 2.45) is 0 Å². The highest BCUT2D eigenvalue weighted by molar-refractivity contribution is 5.91. The van der Waals surface area contributed by atoms with Gasteiger partial charge in [0, 0.05) is 25.2 Å². The number of rotatable bonds is 7. The molecule has 0 aliphatic carbocycles. The van der Waals surface area contributed by atoms with Gasteiger partial charge in [0.05, 0.1) is 0 Å². The molecule has 2 aromatic rings. The highest BCUT2D eigenvalue weighted by Crippen LogP contribution is 2.29. The van der Waals surface area contributed by atoms with E-state index in [0.29, 0.717) is 6.42 Å². The molecule has 1 N–H and O–H groups in total. The van der Waals surface area contributed by atoms with Gasteiger partial charge in [0.25, 0.3) is 0 Å². The maximum atomic E-state index is 12.4. The van der Waals surface area contributed by atoms with E-state index in [-0.39, 0.29) is 11.3 Å². The van der Waals surface area contributed by atoms with E-state index in [0.717, 1.165) is 25.3 Å². The van der Waals surface area contributed by atoms with Crippen LogP contribution in [-0.2, 0) is 16.8 Å². The predicted octanol–water partition coefficient (Wildman–Crippen LogP) is 4.83. The van der Waals surface area contributed by atoms with Crippen molar-refractivity contribution in [2.75, 3.05) is 18.4 Å². The van der Waals surface area contributed by atoms with Crippen LogP contribution in [0.5, 0.6) is 0 Å². The summed E-state index contributed by atoms with van der Waals surface area (Å²) in [5.74, 6) is 0.0724. The molecule has 0 radical (unpaired) electrons. The number of hydrogen-bond acceptors (Lipinski definition) is 2. The van der Waals surface area contributed by atoms with Crippen molar-refractivity contribution in [1.29, 1.82) is 0 Å². The van der Waals surface area contributed by atoms with Gasteiger partial charge in [-0.2, -0.15) is 0 Å². The molecule has 25 heavy (non-hydrogen) atoms. The third kappa shape index (κ3) is 6.02. The van der Waals surface area contributed by atoms with Gasteiger partial charge >= 0.3 is 0 Å². The third-order valence-corrected chi connectivity index (χ3v) is 4.36. The lowest BCUT2D eigenvalue weighted by Crippen LogP contribution is -2.28. The number of nitrogens with zero attached hydrogens (tertiary/aromatic N) is 1. The minimum absolute atomic E-state index is 0.00658. The molecule has 0 bridgehead atoms. The Bertz CT molecular complexity index is 674. The fourth-order valence-corrected chi connectivity index (χ4v) is 2.91. The van der Waals surface area contributed by atoms with Crippen LogP contribution in [0.2, 0.25) is 0 Å². The Morgan fingerprint density at radius 3 is 2.28 bits per heavy atom. The van der Waals surface area contributed by atoms with Crippen molar-refractivity contribution in [3.63, 3.8) is 0 Å². The highest BCUT2D eigenvalue weighted by atomic mass is 16.1. The van der Waals surface area contributed by atoms with Gasteiger partial charge in [0.2, 0.25) is 5.91 Å². The lowest BCUT2D eigenvalue weighted by molar-refractivity contribution is -0.116. The van der Waals surface area contributed by atoms with E-state index in [2.05, 4.69) is 68.2 Å². The van der Waals surface area contributed by atoms with Crippen LogP contribution in [0, 0.1) is 0 Å². The summed E-state index contributed by atoms with van der Waals surface area (Å²) in [4.78, 5) is 14.7. The number of amides is 1. The first kappa shape index (κ1) is 19.2. The average Bonchev–Trinajstić information content (AvgIpc) is 2.59. The third-order valence-electron chi connectivity index (χ3n) is 4.36. The topological polar surface area (TPSA) is 32.3 Å². The van der Waals surface area contributed by atoms with Gasteiger partial charge in [0.1, 0.15) is 0 Å². The highest BCUT2D eigenvalue weighted by Gasteiger charge is 2.18. The smallest absolute Gasteiger partial charge is 0.225 e. The molecule has 0 atom stereocenters. The first-order valence-electron chi connectivity index (χ1n) is 9.06. The normalized spacial score (nSPS) is 11.6. The molecule has 0 saturated heterocycles. The lowest BCUT2D eigenvalue weighted by atomic mass is 9.86. The Morgan fingerprint density at radius 2 is 1.64 bits per heavy atom. The van der Waals surface area contributed by atoms with E-state index in [1.807, 2.05) is 24.3 Å². The zero-order chi connectivity index (χ0) is 18.3. The molecule has 0 aliphatic rings. The van der Waals surface area contributed by atoms with Gasteiger partial charge in [-0.25, -0.2) is 0 Å². The Kier molecular flexibility index (Phi) is 6.77. The summed E-state index contributed by atoms with van der Waals surface area (Å²) in [7, 11) is 0. The van der Waals surface area contributed by atoms with Gasteiger partial charge in [-0.05, 0) is 29.2 Å². The molecule has 0 aliphatic heterocycles. The number of carbonyl (C=O) groups excluding carboxylic acids is 1. The largest absolute Gasteiger partial charge is 0.326 e. The number of hydrogen-bond donors (Lipinski definition) is 1. The van der Waals surface area contributed by atoms with Crippen molar-refractivity contribution in [3.05, 3.63) is 65.7 Å². The van der Waals surface area contributed by atoms with E-state index in [1.165, 1.54) is 11.1 Å². The molecule has 3 heteroatoms. The molecule has 2 rings (SSSR count). The van der Waals surface area contributed by atoms with Crippen molar-refractivity contribution >= 4 is 11.6 Å². The van der Waals surface area contributed by atoms with Gasteiger partial charge < -0.3 is 5.32 Å². The Labute approximate surface area is 152 Å². The number of benzene rings is 2. The molecule has 2 aromatic carbocycles. The second kappa shape index (κ2) is 8.82. The first-order chi connectivity index (χ1) is 11.9. The van der Waals surface area contributed by atoms with E-state index in [9.17, 15) is 4.79 Å². The average molecular weight is 338 g/mol. The summed E-state index contributed by atoms with van der Waals surface area (Å²) in [5, 5.41) is 3.09. The molecule has 0 heterocycles. The summed E-state index contributed by atoms with van der Waals surface area (Å²) < 4.78 is 0. The molecule has 0 unspecified atom stereocenters. The van der Waals surface area contributed by atoms with Crippen LogP contribution in [0.25, 0.3) is 0 Å². The molecular formula is C22H30N2O. The van der Waals surface area contributed by atoms with Gasteiger partial charge in [-0.15, -0.1) is 0 Å². The minimum atomic E-state index is 0.00658. The molecule has 0 saturated carbocycles. The Balaban J connectivity index is 1.92.